The molecule has 0 bridgehead atoms. The Kier molecular flexibility index (Phi) is 7.84. The fourth-order valence-corrected chi connectivity index (χ4v) is 1.78. The summed E-state index contributed by atoms with van der Waals surface area (Å²) in [6, 6.07) is 0.0561. The van der Waals surface area contributed by atoms with E-state index in [0.717, 1.165) is 25.9 Å². The molecule has 0 aliphatic rings. The van der Waals surface area contributed by atoms with E-state index in [-0.39, 0.29) is 11.9 Å². The van der Waals surface area contributed by atoms with Crippen LogP contribution >= 0.6 is 0 Å². The molecule has 19 heavy (non-hydrogen) atoms. The summed E-state index contributed by atoms with van der Waals surface area (Å²) >= 11 is 0. The first-order chi connectivity index (χ1) is 9.22. The number of imidazole rings is 1. The summed E-state index contributed by atoms with van der Waals surface area (Å²) in [5.74, 6) is 0.0131. The van der Waals surface area contributed by atoms with Crippen molar-refractivity contribution in [3.63, 3.8) is 0 Å². The van der Waals surface area contributed by atoms with E-state index in [4.69, 9.17) is 4.74 Å². The molecule has 1 unspecified atom stereocenters. The number of nitrogens with one attached hydrogen (secondary N) is 2. The molecule has 0 saturated carbocycles. The SMILES string of the molecule is COCC(C)NC(=O)CNCCCCn1ccnc1. The third-order valence-corrected chi connectivity index (χ3v) is 2.69. The minimum atomic E-state index is 0.0131. The van der Waals surface area contributed by atoms with Crippen molar-refractivity contribution in [3.05, 3.63) is 18.7 Å². The molecule has 2 N–H and O–H groups in total. The van der Waals surface area contributed by atoms with Gasteiger partial charge in [-0.2, -0.15) is 0 Å². The Labute approximate surface area is 114 Å². The van der Waals surface area contributed by atoms with Crippen LogP contribution in [0.3, 0.4) is 0 Å². The van der Waals surface area contributed by atoms with Crippen molar-refractivity contribution in [1.82, 2.24) is 20.2 Å². The van der Waals surface area contributed by atoms with Crippen LogP contribution in [-0.4, -0.2) is 48.3 Å². The second-order valence-corrected chi connectivity index (χ2v) is 4.61. The zero-order chi connectivity index (χ0) is 13.9. The van der Waals surface area contributed by atoms with Crippen LogP contribution in [0.4, 0.5) is 0 Å². The van der Waals surface area contributed by atoms with Gasteiger partial charge in [0.2, 0.25) is 5.91 Å². The van der Waals surface area contributed by atoms with Gasteiger partial charge in [-0.15, -0.1) is 0 Å². The maximum atomic E-state index is 11.5. The first-order valence-electron chi connectivity index (χ1n) is 6.67. The Balaban J connectivity index is 1.94. The fraction of sp³-hybridized carbons (Fsp3) is 0.692. The molecule has 1 aromatic heterocycles. The third kappa shape index (κ3) is 7.58. The summed E-state index contributed by atoms with van der Waals surface area (Å²) in [6.45, 7) is 4.64. The van der Waals surface area contributed by atoms with Gasteiger partial charge in [0.15, 0.2) is 0 Å². The monoisotopic (exact) mass is 268 g/mol. The van der Waals surface area contributed by atoms with Gasteiger partial charge in [-0.25, -0.2) is 4.98 Å². The van der Waals surface area contributed by atoms with Crippen molar-refractivity contribution in [2.45, 2.75) is 32.4 Å². The van der Waals surface area contributed by atoms with Crippen LogP contribution in [0.1, 0.15) is 19.8 Å². The second-order valence-electron chi connectivity index (χ2n) is 4.61. The Morgan fingerprint density at radius 1 is 1.47 bits per heavy atom. The van der Waals surface area contributed by atoms with E-state index in [9.17, 15) is 4.79 Å². The van der Waals surface area contributed by atoms with Gasteiger partial charge >= 0.3 is 0 Å². The van der Waals surface area contributed by atoms with Crippen LogP contribution in [0.2, 0.25) is 0 Å². The first kappa shape index (κ1) is 15.7. The van der Waals surface area contributed by atoms with Gasteiger partial charge in [-0.3, -0.25) is 4.79 Å². The number of rotatable bonds is 10. The molecule has 0 aliphatic heterocycles. The number of ether oxygens (including phenoxy) is 1. The van der Waals surface area contributed by atoms with Crippen molar-refractivity contribution in [3.8, 4) is 0 Å². The number of carbonyl (C=O) groups excluding carboxylic acids is 1. The van der Waals surface area contributed by atoms with Crippen LogP contribution in [0, 0.1) is 0 Å². The van der Waals surface area contributed by atoms with Gasteiger partial charge < -0.3 is 19.9 Å². The smallest absolute Gasteiger partial charge is 0.234 e. The molecule has 1 heterocycles. The number of aromatic nitrogens is 2. The van der Waals surface area contributed by atoms with Crippen molar-refractivity contribution < 1.29 is 9.53 Å². The van der Waals surface area contributed by atoms with Crippen LogP contribution in [-0.2, 0) is 16.1 Å². The highest BCUT2D eigenvalue weighted by molar-refractivity contribution is 5.78. The molecule has 0 aromatic carbocycles. The molecule has 0 saturated heterocycles. The summed E-state index contributed by atoms with van der Waals surface area (Å²) in [6.07, 6.45) is 7.67. The Morgan fingerprint density at radius 2 is 2.32 bits per heavy atom. The highest BCUT2D eigenvalue weighted by Gasteiger charge is 2.05. The Hall–Kier alpha value is -1.40. The standard InChI is InChI=1S/C13H24N4O2/c1-12(10-19-2)16-13(18)9-14-5-3-4-7-17-8-6-15-11-17/h6,8,11-12,14H,3-5,7,9-10H2,1-2H3,(H,16,18). The Bertz CT molecular complexity index is 340. The molecule has 0 aliphatic carbocycles. The van der Waals surface area contributed by atoms with Crippen LogP contribution < -0.4 is 10.6 Å². The van der Waals surface area contributed by atoms with Gasteiger partial charge in [0, 0.05) is 32.1 Å². The van der Waals surface area contributed by atoms with Gasteiger partial charge in [0.1, 0.15) is 0 Å². The Morgan fingerprint density at radius 3 is 3.00 bits per heavy atom. The zero-order valence-corrected chi connectivity index (χ0v) is 11.8. The lowest BCUT2D eigenvalue weighted by Gasteiger charge is -2.13. The molecule has 1 aromatic rings. The van der Waals surface area contributed by atoms with Crippen molar-refractivity contribution in [2.75, 3.05) is 26.8 Å². The molecule has 1 rings (SSSR count). The largest absolute Gasteiger partial charge is 0.383 e. The summed E-state index contributed by atoms with van der Waals surface area (Å²) in [5, 5.41) is 5.99. The average Bonchev–Trinajstić information content (AvgIpc) is 2.86. The van der Waals surface area contributed by atoms with Crippen LogP contribution in [0.15, 0.2) is 18.7 Å². The summed E-state index contributed by atoms with van der Waals surface area (Å²) in [4.78, 5) is 15.5. The number of amides is 1. The molecule has 1 amide bonds. The zero-order valence-electron chi connectivity index (χ0n) is 11.8. The quantitative estimate of drug-likeness (QED) is 0.603. The van der Waals surface area contributed by atoms with E-state index < -0.39 is 0 Å². The van der Waals surface area contributed by atoms with E-state index >= 15 is 0 Å². The molecular weight excluding hydrogens is 244 g/mol. The molecule has 0 spiro atoms. The average molecular weight is 268 g/mol. The van der Waals surface area contributed by atoms with Crippen LogP contribution in [0.5, 0.6) is 0 Å². The highest BCUT2D eigenvalue weighted by Crippen LogP contribution is 1.93. The van der Waals surface area contributed by atoms with Crippen molar-refractivity contribution in [2.24, 2.45) is 0 Å². The van der Waals surface area contributed by atoms with E-state index in [2.05, 4.69) is 20.2 Å². The van der Waals surface area contributed by atoms with Crippen LogP contribution in [0.25, 0.3) is 0 Å². The number of methoxy groups -OCH3 is 1. The summed E-state index contributed by atoms with van der Waals surface area (Å²) < 4.78 is 7.01. The maximum absolute atomic E-state index is 11.5. The lowest BCUT2D eigenvalue weighted by atomic mass is 10.3. The van der Waals surface area contributed by atoms with E-state index in [1.54, 1.807) is 13.3 Å². The lowest BCUT2D eigenvalue weighted by molar-refractivity contribution is -0.121. The van der Waals surface area contributed by atoms with Crippen molar-refractivity contribution >= 4 is 5.91 Å². The number of carbonyl (C=O) groups is 1. The minimum absolute atomic E-state index is 0.0131. The maximum Gasteiger partial charge on any atom is 0.234 e. The van der Waals surface area contributed by atoms with Gasteiger partial charge in [0.05, 0.1) is 19.5 Å². The van der Waals surface area contributed by atoms with Gasteiger partial charge in [-0.05, 0) is 26.3 Å². The number of hydrogen-bond acceptors (Lipinski definition) is 4. The number of hydrogen-bond donors (Lipinski definition) is 2. The minimum Gasteiger partial charge on any atom is -0.383 e. The molecule has 0 radical (unpaired) electrons. The molecule has 108 valence electrons. The van der Waals surface area contributed by atoms with E-state index in [0.29, 0.717) is 13.2 Å². The number of unbranched alkanes of at least 4 members (excludes halogenated alkanes) is 1. The van der Waals surface area contributed by atoms with Crippen molar-refractivity contribution in [1.29, 1.82) is 0 Å². The number of nitrogens with zero attached hydrogens (tertiary/aromatic N) is 2. The van der Waals surface area contributed by atoms with E-state index in [1.165, 1.54) is 0 Å². The highest BCUT2D eigenvalue weighted by atomic mass is 16.5. The summed E-state index contributed by atoms with van der Waals surface area (Å²) in [7, 11) is 1.63. The predicted octanol–water partition coefficient (Wildman–Crippen LogP) is 0.404. The summed E-state index contributed by atoms with van der Waals surface area (Å²) in [5.41, 5.74) is 0. The van der Waals surface area contributed by atoms with Gasteiger partial charge in [-0.1, -0.05) is 0 Å². The number of aryl methyl sites for hydroxylation is 1. The lowest BCUT2D eigenvalue weighted by Crippen LogP contribution is -2.41. The molecule has 1 atom stereocenters. The topological polar surface area (TPSA) is 68.2 Å². The second kappa shape index (κ2) is 9.52. The first-order valence-corrected chi connectivity index (χ1v) is 6.67. The fourth-order valence-electron chi connectivity index (χ4n) is 1.78. The normalized spacial score (nSPS) is 12.3. The third-order valence-electron chi connectivity index (χ3n) is 2.69. The van der Waals surface area contributed by atoms with Gasteiger partial charge in [0.25, 0.3) is 0 Å². The molecule has 6 nitrogen and oxygen atoms in total. The molecule has 0 fully saturated rings. The molecular formula is C13H24N4O2. The predicted molar refractivity (Wildman–Crippen MR) is 73.8 cm³/mol. The van der Waals surface area contributed by atoms with E-state index in [1.807, 2.05) is 19.4 Å². The molecule has 6 heteroatoms.